The molecular formula is C12H14N4O4S. The van der Waals surface area contributed by atoms with Crippen LogP contribution in [-0.4, -0.2) is 52.2 Å². The lowest BCUT2D eigenvalue weighted by Crippen LogP contribution is -2.32. The molecule has 0 bridgehead atoms. The molecule has 0 aliphatic carbocycles. The molecule has 1 aromatic carbocycles. The van der Waals surface area contributed by atoms with Gasteiger partial charge in [0.05, 0.1) is 11.4 Å². The van der Waals surface area contributed by atoms with E-state index >= 15 is 0 Å². The number of carboxylic acid groups (broad SMARTS) is 1. The number of hydrogen-bond donors (Lipinski definition) is 1. The summed E-state index contributed by atoms with van der Waals surface area (Å²) in [5.41, 5.74) is 0.514. The van der Waals surface area contributed by atoms with Crippen molar-refractivity contribution in [2.75, 3.05) is 13.6 Å². The molecule has 21 heavy (non-hydrogen) atoms. The molecule has 1 heterocycles. The van der Waals surface area contributed by atoms with Crippen molar-refractivity contribution in [1.29, 1.82) is 0 Å². The largest absolute Gasteiger partial charge is 0.480 e. The SMILES string of the molecule is CN(CC(=O)O)S(=O)(=O)c1ccccc1Cn1cncn1. The quantitative estimate of drug-likeness (QED) is 0.807. The number of hydrogen-bond acceptors (Lipinski definition) is 5. The van der Waals surface area contributed by atoms with Crippen LogP contribution in [-0.2, 0) is 21.4 Å². The van der Waals surface area contributed by atoms with Crippen molar-refractivity contribution in [2.45, 2.75) is 11.4 Å². The second kappa shape index (κ2) is 6.02. The van der Waals surface area contributed by atoms with Gasteiger partial charge < -0.3 is 5.11 Å². The maximum atomic E-state index is 12.4. The van der Waals surface area contributed by atoms with Crippen LogP contribution in [0.1, 0.15) is 5.56 Å². The van der Waals surface area contributed by atoms with Crippen LogP contribution in [0.2, 0.25) is 0 Å². The zero-order chi connectivity index (χ0) is 15.5. The van der Waals surface area contributed by atoms with Crippen molar-refractivity contribution < 1.29 is 18.3 Å². The zero-order valence-corrected chi connectivity index (χ0v) is 12.1. The van der Waals surface area contributed by atoms with Crippen LogP contribution >= 0.6 is 0 Å². The standard InChI is InChI=1S/C12H14N4O4S/c1-15(7-12(17)18)21(19,20)11-5-3-2-4-10(11)6-16-9-13-8-14-16/h2-5,8-9H,6-7H2,1H3,(H,17,18). The Morgan fingerprint density at radius 1 is 1.38 bits per heavy atom. The third-order valence-corrected chi connectivity index (χ3v) is 4.72. The number of aromatic nitrogens is 3. The highest BCUT2D eigenvalue weighted by atomic mass is 32.2. The lowest BCUT2D eigenvalue weighted by molar-refractivity contribution is -0.137. The first-order valence-electron chi connectivity index (χ1n) is 5.99. The Bertz CT molecular complexity index is 727. The number of aliphatic carboxylic acids is 1. The summed E-state index contributed by atoms with van der Waals surface area (Å²) >= 11 is 0. The van der Waals surface area contributed by atoms with E-state index in [9.17, 15) is 13.2 Å². The third kappa shape index (κ3) is 3.44. The molecule has 0 saturated heterocycles. The van der Waals surface area contributed by atoms with Crippen LogP contribution in [0.5, 0.6) is 0 Å². The van der Waals surface area contributed by atoms with Crippen LogP contribution in [0.3, 0.4) is 0 Å². The summed E-state index contributed by atoms with van der Waals surface area (Å²) in [5.74, 6) is -1.21. The molecule has 0 unspecified atom stereocenters. The first-order chi connectivity index (χ1) is 9.91. The van der Waals surface area contributed by atoms with E-state index in [0.29, 0.717) is 5.56 Å². The maximum absolute atomic E-state index is 12.4. The molecule has 0 spiro atoms. The minimum Gasteiger partial charge on any atom is -0.480 e. The summed E-state index contributed by atoms with van der Waals surface area (Å²) in [6, 6.07) is 6.40. The van der Waals surface area contributed by atoms with Crippen molar-refractivity contribution in [3.8, 4) is 0 Å². The molecule has 2 rings (SSSR count). The summed E-state index contributed by atoms with van der Waals surface area (Å²) in [6.45, 7) is -0.365. The zero-order valence-electron chi connectivity index (χ0n) is 11.2. The second-order valence-corrected chi connectivity index (χ2v) is 6.37. The predicted octanol–water partition coefficient (Wildman–Crippen LogP) is 0.0315. The molecular weight excluding hydrogens is 296 g/mol. The topological polar surface area (TPSA) is 105 Å². The van der Waals surface area contributed by atoms with Crippen LogP contribution in [0.4, 0.5) is 0 Å². The minimum absolute atomic E-state index is 0.0595. The van der Waals surface area contributed by atoms with Gasteiger partial charge in [-0.2, -0.15) is 9.40 Å². The van der Waals surface area contributed by atoms with Gasteiger partial charge in [-0.15, -0.1) is 0 Å². The predicted molar refractivity (Wildman–Crippen MR) is 73.0 cm³/mol. The van der Waals surface area contributed by atoms with Gasteiger partial charge in [-0.3, -0.25) is 4.79 Å². The van der Waals surface area contributed by atoms with Gasteiger partial charge in [0.25, 0.3) is 0 Å². The van der Waals surface area contributed by atoms with Gasteiger partial charge in [-0.1, -0.05) is 18.2 Å². The normalized spacial score (nSPS) is 11.7. The van der Waals surface area contributed by atoms with Crippen LogP contribution in [0.25, 0.3) is 0 Å². The Morgan fingerprint density at radius 3 is 2.71 bits per heavy atom. The molecule has 2 aromatic rings. The molecule has 0 atom stereocenters. The number of carboxylic acids is 1. The van der Waals surface area contributed by atoms with Gasteiger partial charge in [-0.25, -0.2) is 18.1 Å². The van der Waals surface area contributed by atoms with E-state index in [2.05, 4.69) is 10.1 Å². The van der Waals surface area contributed by atoms with Crippen molar-refractivity contribution in [2.24, 2.45) is 0 Å². The van der Waals surface area contributed by atoms with Gasteiger partial charge in [0.1, 0.15) is 19.2 Å². The Labute approximate surface area is 121 Å². The van der Waals surface area contributed by atoms with E-state index in [1.165, 1.54) is 30.5 Å². The maximum Gasteiger partial charge on any atom is 0.318 e. The molecule has 0 saturated carbocycles. The van der Waals surface area contributed by atoms with Gasteiger partial charge in [-0.05, 0) is 11.6 Å². The molecule has 8 nitrogen and oxygen atoms in total. The monoisotopic (exact) mass is 310 g/mol. The fourth-order valence-electron chi connectivity index (χ4n) is 1.82. The third-order valence-electron chi connectivity index (χ3n) is 2.82. The lowest BCUT2D eigenvalue weighted by atomic mass is 10.2. The Balaban J connectivity index is 2.37. The van der Waals surface area contributed by atoms with Crippen LogP contribution in [0, 0.1) is 0 Å². The Kier molecular flexibility index (Phi) is 4.34. The van der Waals surface area contributed by atoms with E-state index < -0.39 is 22.5 Å². The molecule has 1 aromatic heterocycles. The summed E-state index contributed by atoms with van der Waals surface area (Å²) in [7, 11) is -2.65. The number of carbonyl (C=O) groups is 1. The molecule has 112 valence electrons. The summed E-state index contributed by atoms with van der Waals surface area (Å²) in [6.07, 6.45) is 2.83. The molecule has 0 fully saturated rings. The first-order valence-corrected chi connectivity index (χ1v) is 7.43. The smallest absolute Gasteiger partial charge is 0.318 e. The first kappa shape index (κ1) is 15.1. The van der Waals surface area contributed by atoms with E-state index in [4.69, 9.17) is 5.11 Å². The molecule has 1 N–H and O–H groups in total. The van der Waals surface area contributed by atoms with Gasteiger partial charge in [0, 0.05) is 7.05 Å². The highest BCUT2D eigenvalue weighted by Crippen LogP contribution is 2.19. The molecule has 0 radical (unpaired) electrons. The lowest BCUT2D eigenvalue weighted by Gasteiger charge is -2.17. The van der Waals surface area contributed by atoms with Crippen molar-refractivity contribution >= 4 is 16.0 Å². The van der Waals surface area contributed by atoms with Gasteiger partial charge in [0.2, 0.25) is 10.0 Å². The molecule has 0 aliphatic rings. The average molecular weight is 310 g/mol. The van der Waals surface area contributed by atoms with Crippen molar-refractivity contribution in [1.82, 2.24) is 19.1 Å². The van der Waals surface area contributed by atoms with Crippen LogP contribution < -0.4 is 0 Å². The highest BCUT2D eigenvalue weighted by Gasteiger charge is 2.25. The molecule has 0 aliphatic heterocycles. The summed E-state index contributed by atoms with van der Waals surface area (Å²) < 4.78 is 27.2. The fraction of sp³-hybridized carbons (Fsp3) is 0.250. The van der Waals surface area contributed by atoms with E-state index in [1.807, 2.05) is 0 Å². The van der Waals surface area contributed by atoms with E-state index in [0.717, 1.165) is 4.31 Å². The second-order valence-electron chi connectivity index (χ2n) is 4.36. The fourth-order valence-corrected chi connectivity index (χ4v) is 3.15. The highest BCUT2D eigenvalue weighted by molar-refractivity contribution is 7.89. The minimum atomic E-state index is -3.88. The number of likely N-dealkylation sites (N-methyl/N-ethyl adjacent to an activating group) is 1. The average Bonchev–Trinajstić information content (AvgIpc) is 2.91. The van der Waals surface area contributed by atoms with Gasteiger partial charge >= 0.3 is 5.97 Å². The summed E-state index contributed by atoms with van der Waals surface area (Å²) in [5, 5.41) is 12.7. The Hall–Kier alpha value is -2.26. The van der Waals surface area contributed by atoms with E-state index in [-0.39, 0.29) is 11.4 Å². The number of nitrogens with zero attached hydrogens (tertiary/aromatic N) is 4. The number of rotatable bonds is 6. The van der Waals surface area contributed by atoms with E-state index in [1.54, 1.807) is 18.2 Å². The van der Waals surface area contributed by atoms with Crippen molar-refractivity contribution in [3.05, 3.63) is 42.5 Å². The van der Waals surface area contributed by atoms with Gasteiger partial charge in [0.15, 0.2) is 0 Å². The molecule has 0 amide bonds. The Morgan fingerprint density at radius 2 is 2.10 bits per heavy atom. The van der Waals surface area contributed by atoms with Crippen molar-refractivity contribution in [3.63, 3.8) is 0 Å². The number of sulfonamides is 1. The summed E-state index contributed by atoms with van der Waals surface area (Å²) in [4.78, 5) is 14.6. The molecule has 9 heteroatoms. The van der Waals surface area contributed by atoms with Crippen LogP contribution in [0.15, 0.2) is 41.8 Å². The number of benzene rings is 1.